The monoisotopic (exact) mass is 576 g/mol. The van der Waals surface area contributed by atoms with Gasteiger partial charge in [0.15, 0.2) is 5.78 Å². The first-order chi connectivity index (χ1) is 20.2. The second-order valence-electron chi connectivity index (χ2n) is 13.2. The van der Waals surface area contributed by atoms with E-state index in [2.05, 4.69) is 18.7 Å². The van der Waals surface area contributed by atoms with Crippen molar-refractivity contribution in [2.45, 2.75) is 206 Å². The van der Waals surface area contributed by atoms with E-state index in [4.69, 9.17) is 10.7 Å². The van der Waals surface area contributed by atoms with Crippen LogP contribution >= 0.6 is 0 Å². The Labute approximate surface area is 257 Å². The highest BCUT2D eigenvalue weighted by molar-refractivity contribution is 5.87. The number of amidine groups is 1. The van der Waals surface area contributed by atoms with Gasteiger partial charge < -0.3 is 10.6 Å². The molecule has 1 atom stereocenters. The molecule has 1 aliphatic rings. The summed E-state index contributed by atoms with van der Waals surface area (Å²) in [5.74, 6) is 1.45. The molecule has 1 aliphatic heterocycles. The molecule has 4 nitrogen and oxygen atoms in total. The predicted octanol–water partition coefficient (Wildman–Crippen LogP) is 10.9. The fraction of sp³-hybridized carbons (Fsp3) is 0.946. The first kappa shape index (κ1) is 38.1. The maximum atomic E-state index is 12.6. The molecule has 4 heteroatoms. The summed E-state index contributed by atoms with van der Waals surface area (Å²) in [5.41, 5.74) is 6.34. The summed E-state index contributed by atoms with van der Waals surface area (Å²) in [6.45, 7) is 7.04. The summed E-state index contributed by atoms with van der Waals surface area (Å²) in [6, 6.07) is -0.355. The standard InChI is InChI=1S/C37H73N3O/c1-3-5-7-9-11-13-15-17-19-21-23-25-27-29-31-37-39-32-33-40(37)34-35(38)36(41)30-28-26-24-22-20-18-16-14-12-10-8-6-4-2/h35H,3-34,38H2,1-2H3. The Bertz CT molecular complexity index is 605. The molecule has 0 aromatic rings. The molecule has 0 saturated heterocycles. The van der Waals surface area contributed by atoms with Crippen molar-refractivity contribution in [2.24, 2.45) is 10.7 Å². The summed E-state index contributed by atoms with van der Waals surface area (Å²) >= 11 is 0. The van der Waals surface area contributed by atoms with Crippen molar-refractivity contribution in [3.8, 4) is 0 Å². The van der Waals surface area contributed by atoms with Crippen molar-refractivity contribution in [3.63, 3.8) is 0 Å². The maximum absolute atomic E-state index is 12.6. The minimum absolute atomic E-state index is 0.246. The third-order valence-corrected chi connectivity index (χ3v) is 9.14. The van der Waals surface area contributed by atoms with Crippen molar-refractivity contribution in [1.82, 2.24) is 4.90 Å². The van der Waals surface area contributed by atoms with Crippen LogP contribution in [0.4, 0.5) is 0 Å². The Morgan fingerprint density at radius 3 is 1.39 bits per heavy atom. The molecule has 0 aromatic heterocycles. The molecule has 1 heterocycles. The van der Waals surface area contributed by atoms with Crippen LogP contribution < -0.4 is 5.73 Å². The molecule has 0 amide bonds. The van der Waals surface area contributed by atoms with Crippen molar-refractivity contribution < 1.29 is 4.79 Å². The number of unbranched alkanes of at least 4 members (excludes halogenated alkanes) is 25. The molecular weight excluding hydrogens is 502 g/mol. The number of carbonyl (C=O) groups is 1. The Balaban J connectivity index is 1.94. The number of Topliss-reactive ketones (excluding diaryl/α,β-unsaturated/α-hetero) is 1. The van der Waals surface area contributed by atoms with Crippen LogP contribution in [-0.4, -0.2) is 42.2 Å². The summed E-state index contributed by atoms with van der Waals surface area (Å²) in [6.07, 6.45) is 38.5. The fourth-order valence-corrected chi connectivity index (χ4v) is 6.28. The molecule has 0 spiro atoms. The number of hydrogen-bond acceptors (Lipinski definition) is 4. The number of ketones is 1. The van der Waals surface area contributed by atoms with Crippen LogP contribution in [0.5, 0.6) is 0 Å². The van der Waals surface area contributed by atoms with Crippen molar-refractivity contribution in [2.75, 3.05) is 19.6 Å². The largest absolute Gasteiger partial charge is 0.356 e. The van der Waals surface area contributed by atoms with E-state index in [1.165, 1.54) is 173 Å². The van der Waals surface area contributed by atoms with E-state index in [0.717, 1.165) is 25.9 Å². The second kappa shape index (κ2) is 29.2. The Kier molecular flexibility index (Phi) is 27.1. The highest BCUT2D eigenvalue weighted by Gasteiger charge is 2.22. The van der Waals surface area contributed by atoms with Gasteiger partial charge in [-0.15, -0.1) is 0 Å². The maximum Gasteiger partial charge on any atom is 0.151 e. The average Bonchev–Trinajstić information content (AvgIpc) is 3.42. The highest BCUT2D eigenvalue weighted by atomic mass is 16.1. The van der Waals surface area contributed by atoms with Crippen LogP contribution in [0.15, 0.2) is 4.99 Å². The van der Waals surface area contributed by atoms with E-state index >= 15 is 0 Å². The van der Waals surface area contributed by atoms with Crippen LogP contribution in [0.2, 0.25) is 0 Å². The van der Waals surface area contributed by atoms with Crippen LogP contribution in [-0.2, 0) is 4.79 Å². The molecule has 1 rings (SSSR count). The zero-order valence-electron chi connectivity index (χ0n) is 28.1. The summed E-state index contributed by atoms with van der Waals surface area (Å²) in [4.78, 5) is 19.7. The number of nitrogens with zero attached hydrogens (tertiary/aromatic N) is 2. The van der Waals surface area contributed by atoms with Gasteiger partial charge in [0.05, 0.1) is 18.4 Å². The molecule has 0 fully saturated rings. The zero-order chi connectivity index (χ0) is 29.6. The van der Waals surface area contributed by atoms with Gasteiger partial charge >= 0.3 is 0 Å². The molecule has 0 bridgehead atoms. The lowest BCUT2D eigenvalue weighted by atomic mass is 10.0. The Hall–Kier alpha value is -0.900. The molecular formula is C37H73N3O. The highest BCUT2D eigenvalue weighted by Crippen LogP contribution is 2.16. The van der Waals surface area contributed by atoms with Gasteiger partial charge in [0.25, 0.3) is 0 Å². The van der Waals surface area contributed by atoms with Gasteiger partial charge in [-0.05, 0) is 12.8 Å². The lowest BCUT2D eigenvalue weighted by Crippen LogP contribution is -2.44. The lowest BCUT2D eigenvalue weighted by Gasteiger charge is -2.23. The third kappa shape index (κ3) is 23.3. The van der Waals surface area contributed by atoms with Crippen LogP contribution in [0.1, 0.15) is 200 Å². The topological polar surface area (TPSA) is 58.7 Å². The van der Waals surface area contributed by atoms with E-state index < -0.39 is 0 Å². The summed E-state index contributed by atoms with van der Waals surface area (Å²) < 4.78 is 0. The van der Waals surface area contributed by atoms with Crippen molar-refractivity contribution in [1.29, 1.82) is 0 Å². The van der Waals surface area contributed by atoms with Crippen LogP contribution in [0.3, 0.4) is 0 Å². The Morgan fingerprint density at radius 2 is 0.976 bits per heavy atom. The lowest BCUT2D eigenvalue weighted by molar-refractivity contribution is -0.120. The second-order valence-corrected chi connectivity index (χ2v) is 13.2. The first-order valence-electron chi connectivity index (χ1n) is 18.8. The minimum atomic E-state index is -0.355. The van der Waals surface area contributed by atoms with Gasteiger partial charge in [0.2, 0.25) is 0 Å². The quantitative estimate of drug-likeness (QED) is 0.0811. The summed E-state index contributed by atoms with van der Waals surface area (Å²) in [5, 5.41) is 0. The van der Waals surface area contributed by atoms with E-state index in [0.29, 0.717) is 13.0 Å². The van der Waals surface area contributed by atoms with Crippen LogP contribution in [0.25, 0.3) is 0 Å². The number of rotatable bonds is 32. The zero-order valence-corrected chi connectivity index (χ0v) is 28.1. The normalized spacial score (nSPS) is 14.1. The van der Waals surface area contributed by atoms with Gasteiger partial charge in [0.1, 0.15) is 0 Å². The molecule has 242 valence electrons. The van der Waals surface area contributed by atoms with Crippen molar-refractivity contribution in [3.05, 3.63) is 0 Å². The van der Waals surface area contributed by atoms with Gasteiger partial charge in [-0.2, -0.15) is 0 Å². The molecule has 0 radical (unpaired) electrons. The van der Waals surface area contributed by atoms with E-state index in [9.17, 15) is 4.79 Å². The van der Waals surface area contributed by atoms with Gasteiger partial charge in [-0.3, -0.25) is 9.79 Å². The molecule has 0 aromatic carbocycles. The Morgan fingerprint density at radius 1 is 0.610 bits per heavy atom. The SMILES string of the molecule is CCCCCCCCCCCCCCCCC1=NCCN1CC(N)C(=O)CCCCCCCCCCCCCCC. The smallest absolute Gasteiger partial charge is 0.151 e. The molecule has 0 saturated carbocycles. The van der Waals surface area contributed by atoms with Gasteiger partial charge in [-0.1, -0.05) is 174 Å². The fourth-order valence-electron chi connectivity index (χ4n) is 6.28. The molecule has 41 heavy (non-hydrogen) atoms. The van der Waals surface area contributed by atoms with Crippen LogP contribution in [0, 0.1) is 0 Å². The predicted molar refractivity (Wildman–Crippen MR) is 182 cm³/mol. The number of carbonyl (C=O) groups excluding carboxylic acids is 1. The number of hydrogen-bond donors (Lipinski definition) is 1. The van der Waals surface area contributed by atoms with Crippen molar-refractivity contribution >= 4 is 11.6 Å². The van der Waals surface area contributed by atoms with E-state index in [1.54, 1.807) is 0 Å². The van der Waals surface area contributed by atoms with Gasteiger partial charge in [0, 0.05) is 25.9 Å². The number of aliphatic imine (C=N–C) groups is 1. The number of nitrogens with two attached hydrogens (primary N) is 1. The van der Waals surface area contributed by atoms with Gasteiger partial charge in [-0.25, -0.2) is 0 Å². The van der Waals surface area contributed by atoms with E-state index in [1.807, 2.05) is 0 Å². The van der Waals surface area contributed by atoms with E-state index in [-0.39, 0.29) is 11.8 Å². The molecule has 2 N–H and O–H groups in total. The summed E-state index contributed by atoms with van der Waals surface area (Å²) in [7, 11) is 0. The average molecular weight is 576 g/mol. The minimum Gasteiger partial charge on any atom is -0.356 e. The third-order valence-electron chi connectivity index (χ3n) is 9.14. The first-order valence-corrected chi connectivity index (χ1v) is 18.8. The molecule has 0 aliphatic carbocycles. The molecule has 1 unspecified atom stereocenters.